The fraction of sp³-hybridized carbons (Fsp3) is 0.435. The molecule has 0 aromatic heterocycles. The van der Waals surface area contributed by atoms with Crippen molar-refractivity contribution < 1.29 is 13.9 Å². The summed E-state index contributed by atoms with van der Waals surface area (Å²) in [4.78, 5) is 15.2. The molecule has 6 heteroatoms. The fourth-order valence-electron chi connectivity index (χ4n) is 4.08. The van der Waals surface area contributed by atoms with Gasteiger partial charge < -0.3 is 15.0 Å². The van der Waals surface area contributed by atoms with Crippen molar-refractivity contribution in [2.24, 2.45) is 5.92 Å². The lowest BCUT2D eigenvalue weighted by Gasteiger charge is -2.38. The molecule has 1 amide bonds. The van der Waals surface area contributed by atoms with E-state index < -0.39 is 5.82 Å². The van der Waals surface area contributed by atoms with Crippen molar-refractivity contribution in [3.8, 4) is 11.5 Å². The lowest BCUT2D eigenvalue weighted by molar-refractivity contribution is -0.121. The highest BCUT2D eigenvalue weighted by Crippen LogP contribution is 2.28. The van der Waals surface area contributed by atoms with Crippen LogP contribution in [0.25, 0.3) is 0 Å². The molecule has 2 heterocycles. The standard InChI is InChI=1S/C23H27FN2O2S/c24-21-3-1-2-4-22(21)28-20-7-5-18(6-8-20)25-23(27)17-9-13-26(14-10-17)19-11-15-29-16-12-19/h1-8,17,19H,9-16H2,(H,25,27). The summed E-state index contributed by atoms with van der Waals surface area (Å²) in [7, 11) is 0. The van der Waals surface area contributed by atoms with Crippen molar-refractivity contribution in [1.29, 1.82) is 0 Å². The SMILES string of the molecule is O=C(Nc1ccc(Oc2ccccc2F)cc1)C1CCN(C2CCSCC2)CC1. The Labute approximate surface area is 175 Å². The average Bonchev–Trinajstić information content (AvgIpc) is 2.77. The third-order valence-corrected chi connectivity index (χ3v) is 6.84. The molecule has 154 valence electrons. The summed E-state index contributed by atoms with van der Waals surface area (Å²) in [5.41, 5.74) is 0.739. The summed E-state index contributed by atoms with van der Waals surface area (Å²) < 4.78 is 19.3. The van der Waals surface area contributed by atoms with Gasteiger partial charge in [0.25, 0.3) is 0 Å². The quantitative estimate of drug-likeness (QED) is 0.733. The normalized spacial score (nSPS) is 19.1. The maximum Gasteiger partial charge on any atom is 0.227 e. The third kappa shape index (κ3) is 5.31. The van der Waals surface area contributed by atoms with Crippen LogP contribution in [0.15, 0.2) is 48.5 Å². The van der Waals surface area contributed by atoms with E-state index in [1.54, 1.807) is 42.5 Å². The van der Waals surface area contributed by atoms with E-state index in [-0.39, 0.29) is 17.6 Å². The average molecular weight is 415 g/mol. The lowest BCUT2D eigenvalue weighted by atomic mass is 9.94. The number of nitrogens with zero attached hydrogens (tertiary/aromatic N) is 1. The van der Waals surface area contributed by atoms with E-state index >= 15 is 0 Å². The van der Waals surface area contributed by atoms with Crippen LogP contribution in [0.3, 0.4) is 0 Å². The van der Waals surface area contributed by atoms with Crippen molar-refractivity contribution in [1.82, 2.24) is 4.90 Å². The highest BCUT2D eigenvalue weighted by molar-refractivity contribution is 7.99. The molecule has 2 saturated heterocycles. The van der Waals surface area contributed by atoms with E-state index in [2.05, 4.69) is 22.0 Å². The Morgan fingerprint density at radius 2 is 1.69 bits per heavy atom. The van der Waals surface area contributed by atoms with Gasteiger partial charge >= 0.3 is 0 Å². The number of benzene rings is 2. The molecule has 0 aliphatic carbocycles. The van der Waals surface area contributed by atoms with Gasteiger partial charge in [-0.15, -0.1) is 0 Å². The molecule has 1 N–H and O–H groups in total. The molecular weight excluding hydrogens is 387 g/mol. The summed E-state index contributed by atoms with van der Waals surface area (Å²) >= 11 is 2.05. The Morgan fingerprint density at radius 3 is 2.38 bits per heavy atom. The van der Waals surface area contributed by atoms with E-state index in [0.29, 0.717) is 11.8 Å². The van der Waals surface area contributed by atoms with Crippen LogP contribution >= 0.6 is 11.8 Å². The first-order valence-electron chi connectivity index (χ1n) is 10.3. The van der Waals surface area contributed by atoms with Gasteiger partial charge in [-0.1, -0.05) is 12.1 Å². The Kier molecular flexibility index (Phi) is 6.72. The molecule has 29 heavy (non-hydrogen) atoms. The van der Waals surface area contributed by atoms with E-state index in [1.165, 1.54) is 30.4 Å². The summed E-state index contributed by atoms with van der Waals surface area (Å²) in [6, 6.07) is 14.1. The predicted octanol–water partition coefficient (Wildman–Crippen LogP) is 5.16. The van der Waals surface area contributed by atoms with Crippen molar-refractivity contribution in [3.63, 3.8) is 0 Å². The topological polar surface area (TPSA) is 41.6 Å². The van der Waals surface area contributed by atoms with Gasteiger partial charge in [0, 0.05) is 17.6 Å². The van der Waals surface area contributed by atoms with Gasteiger partial charge in [0.15, 0.2) is 11.6 Å². The molecule has 0 atom stereocenters. The number of para-hydroxylation sites is 1. The minimum Gasteiger partial charge on any atom is -0.454 e. The number of thioether (sulfide) groups is 1. The second-order valence-corrected chi connectivity index (χ2v) is 8.92. The molecule has 0 saturated carbocycles. The summed E-state index contributed by atoms with van der Waals surface area (Å²) in [6.07, 6.45) is 4.40. The maximum atomic E-state index is 13.7. The number of amides is 1. The minimum absolute atomic E-state index is 0.0681. The fourth-order valence-corrected chi connectivity index (χ4v) is 5.16. The summed E-state index contributed by atoms with van der Waals surface area (Å²) in [6.45, 7) is 2.03. The van der Waals surface area contributed by atoms with E-state index in [4.69, 9.17) is 4.74 Å². The number of nitrogens with one attached hydrogen (secondary N) is 1. The molecule has 4 nitrogen and oxygen atoms in total. The smallest absolute Gasteiger partial charge is 0.227 e. The van der Waals surface area contributed by atoms with Crippen LogP contribution in [-0.4, -0.2) is 41.4 Å². The number of ether oxygens (including phenoxy) is 1. The Morgan fingerprint density at radius 1 is 1.00 bits per heavy atom. The first-order valence-corrected chi connectivity index (χ1v) is 11.5. The van der Waals surface area contributed by atoms with Gasteiger partial charge in [-0.3, -0.25) is 4.79 Å². The second-order valence-electron chi connectivity index (χ2n) is 7.70. The number of hydrogen-bond donors (Lipinski definition) is 1. The van der Waals surface area contributed by atoms with Gasteiger partial charge in [0.05, 0.1) is 0 Å². The zero-order valence-electron chi connectivity index (χ0n) is 16.5. The highest BCUT2D eigenvalue weighted by Gasteiger charge is 2.29. The number of halogens is 1. The predicted molar refractivity (Wildman–Crippen MR) is 116 cm³/mol. The molecule has 2 aromatic carbocycles. The lowest BCUT2D eigenvalue weighted by Crippen LogP contribution is -2.45. The van der Waals surface area contributed by atoms with Gasteiger partial charge in [-0.2, -0.15) is 11.8 Å². The number of anilines is 1. The van der Waals surface area contributed by atoms with Crippen molar-refractivity contribution in [2.75, 3.05) is 29.9 Å². The summed E-state index contributed by atoms with van der Waals surface area (Å²) in [5.74, 6) is 3.01. The van der Waals surface area contributed by atoms with Crippen molar-refractivity contribution >= 4 is 23.4 Å². The van der Waals surface area contributed by atoms with Gasteiger partial charge in [0.2, 0.25) is 5.91 Å². The van der Waals surface area contributed by atoms with Crippen molar-refractivity contribution in [3.05, 3.63) is 54.3 Å². The minimum atomic E-state index is -0.400. The van der Waals surface area contributed by atoms with Gasteiger partial charge in [0.1, 0.15) is 5.75 Å². The monoisotopic (exact) mass is 414 g/mol. The zero-order valence-corrected chi connectivity index (χ0v) is 17.3. The summed E-state index contributed by atoms with van der Waals surface area (Å²) in [5, 5.41) is 3.02. The molecule has 4 rings (SSSR count). The molecule has 0 radical (unpaired) electrons. The van der Waals surface area contributed by atoms with Crippen LogP contribution in [0, 0.1) is 11.7 Å². The van der Waals surface area contributed by atoms with Crippen LogP contribution < -0.4 is 10.1 Å². The number of carbonyl (C=O) groups is 1. The van der Waals surface area contributed by atoms with Gasteiger partial charge in [-0.05, 0) is 86.7 Å². The number of likely N-dealkylation sites (tertiary alicyclic amines) is 1. The number of carbonyl (C=O) groups excluding carboxylic acids is 1. The molecule has 0 unspecified atom stereocenters. The van der Waals surface area contributed by atoms with E-state index in [9.17, 15) is 9.18 Å². The Bertz CT molecular complexity index is 816. The molecule has 0 spiro atoms. The molecule has 0 bridgehead atoms. The largest absolute Gasteiger partial charge is 0.454 e. The zero-order chi connectivity index (χ0) is 20.1. The first kappa shape index (κ1) is 20.2. The van der Waals surface area contributed by atoms with E-state index in [0.717, 1.165) is 31.6 Å². The van der Waals surface area contributed by atoms with Gasteiger partial charge in [-0.25, -0.2) is 4.39 Å². The molecular formula is C23H27FN2O2S. The number of hydrogen-bond acceptors (Lipinski definition) is 4. The van der Waals surface area contributed by atoms with Crippen LogP contribution in [0.5, 0.6) is 11.5 Å². The third-order valence-electron chi connectivity index (χ3n) is 5.79. The number of rotatable bonds is 5. The van der Waals surface area contributed by atoms with E-state index in [1.807, 2.05) is 0 Å². The molecule has 2 aliphatic rings. The number of piperidine rings is 1. The molecule has 2 fully saturated rings. The van der Waals surface area contributed by atoms with Crippen LogP contribution in [0.1, 0.15) is 25.7 Å². The van der Waals surface area contributed by atoms with Crippen LogP contribution in [0.4, 0.5) is 10.1 Å². The van der Waals surface area contributed by atoms with Crippen LogP contribution in [0.2, 0.25) is 0 Å². The van der Waals surface area contributed by atoms with Crippen molar-refractivity contribution in [2.45, 2.75) is 31.7 Å². The second kappa shape index (κ2) is 9.63. The first-order chi connectivity index (χ1) is 14.2. The Balaban J connectivity index is 1.27. The maximum absolute atomic E-state index is 13.7. The highest BCUT2D eigenvalue weighted by atomic mass is 32.2. The van der Waals surface area contributed by atoms with Crippen LogP contribution in [-0.2, 0) is 4.79 Å². The molecule has 2 aromatic rings. The molecule has 2 aliphatic heterocycles. The Hall–Kier alpha value is -2.05.